The maximum Gasteiger partial charge on any atom is 0.347 e. The highest BCUT2D eigenvalue weighted by molar-refractivity contribution is 6.06. The number of rotatable bonds is 0. The van der Waals surface area contributed by atoms with Gasteiger partial charge in [-0.1, -0.05) is 30.3 Å². The van der Waals surface area contributed by atoms with E-state index < -0.39 is 5.63 Å². The third kappa shape index (κ3) is 1.11. The zero-order valence-corrected chi connectivity index (χ0v) is 8.31. The Bertz CT molecular complexity index is 741. The van der Waals surface area contributed by atoms with Gasteiger partial charge in [-0.2, -0.15) is 0 Å². The Hall–Kier alpha value is -2.29. The minimum Gasteiger partial charge on any atom is -0.507 e. The molecule has 1 N–H and O–H groups in total. The van der Waals surface area contributed by atoms with Gasteiger partial charge in [0.1, 0.15) is 16.7 Å². The van der Waals surface area contributed by atoms with Gasteiger partial charge in [0.2, 0.25) is 0 Å². The van der Waals surface area contributed by atoms with Crippen LogP contribution in [0.1, 0.15) is 0 Å². The highest BCUT2D eigenvalue weighted by atomic mass is 16.4. The van der Waals surface area contributed by atoms with Gasteiger partial charge in [0, 0.05) is 10.8 Å². The molecule has 3 rings (SSSR count). The number of phenols is 1. The molecule has 0 aliphatic carbocycles. The summed E-state index contributed by atoms with van der Waals surface area (Å²) in [6, 6.07) is 12.3. The lowest BCUT2D eigenvalue weighted by Crippen LogP contribution is -1.99. The molecule has 2 aromatic carbocycles. The summed E-state index contributed by atoms with van der Waals surface area (Å²) in [6.07, 6.45) is 0. The zero-order chi connectivity index (χ0) is 11.1. The first kappa shape index (κ1) is 8.97. The minimum absolute atomic E-state index is 0.0444. The fraction of sp³-hybridized carbons (Fsp3) is 0. The summed E-state index contributed by atoms with van der Waals surface area (Å²) >= 11 is 0. The van der Waals surface area contributed by atoms with Gasteiger partial charge >= 0.3 is 5.63 Å². The van der Waals surface area contributed by atoms with Crippen LogP contribution in [-0.2, 0) is 0 Å². The Morgan fingerprint density at radius 3 is 2.56 bits per heavy atom. The third-order valence-electron chi connectivity index (χ3n) is 2.63. The Kier molecular flexibility index (Phi) is 1.74. The average Bonchev–Trinajstić information content (AvgIpc) is 2.29. The molecule has 0 fully saturated rings. The van der Waals surface area contributed by atoms with E-state index in [1.54, 1.807) is 24.3 Å². The molecule has 0 radical (unpaired) electrons. The van der Waals surface area contributed by atoms with Crippen molar-refractivity contribution in [3.63, 3.8) is 0 Å². The number of hydrogen-bond acceptors (Lipinski definition) is 3. The van der Waals surface area contributed by atoms with E-state index in [1.165, 1.54) is 6.07 Å². The van der Waals surface area contributed by atoms with Crippen LogP contribution in [0.4, 0.5) is 0 Å². The molecule has 0 amide bonds. The van der Waals surface area contributed by atoms with E-state index in [2.05, 4.69) is 0 Å². The Labute approximate surface area is 90.6 Å². The number of hydrogen-bond donors (Lipinski definition) is 1. The van der Waals surface area contributed by atoms with Gasteiger partial charge in [-0.3, -0.25) is 0 Å². The summed E-state index contributed by atoms with van der Waals surface area (Å²) in [7, 11) is 0. The van der Waals surface area contributed by atoms with E-state index in [4.69, 9.17) is 4.42 Å². The van der Waals surface area contributed by atoms with Gasteiger partial charge in [0.05, 0.1) is 0 Å². The summed E-state index contributed by atoms with van der Waals surface area (Å²) in [5, 5.41) is 11.4. The van der Waals surface area contributed by atoms with E-state index in [0.717, 1.165) is 5.39 Å². The van der Waals surface area contributed by atoms with E-state index in [-0.39, 0.29) is 11.1 Å². The van der Waals surface area contributed by atoms with E-state index >= 15 is 0 Å². The fourth-order valence-corrected chi connectivity index (χ4v) is 1.91. The summed E-state index contributed by atoms with van der Waals surface area (Å²) in [5.41, 5.74) is 0.0254. The first-order valence-electron chi connectivity index (χ1n) is 4.91. The molecule has 0 saturated carbocycles. The van der Waals surface area contributed by atoms with Crippen molar-refractivity contribution in [3.8, 4) is 5.75 Å². The quantitative estimate of drug-likeness (QED) is 0.460. The molecule has 0 atom stereocenters. The molecule has 78 valence electrons. The van der Waals surface area contributed by atoms with Gasteiger partial charge in [-0.25, -0.2) is 4.79 Å². The number of benzene rings is 2. The highest BCUT2D eigenvalue weighted by Gasteiger charge is 2.09. The monoisotopic (exact) mass is 212 g/mol. The molecule has 0 aliphatic heterocycles. The lowest BCUT2D eigenvalue weighted by atomic mass is 10.1. The van der Waals surface area contributed by atoms with Crippen molar-refractivity contribution in [2.45, 2.75) is 0 Å². The van der Waals surface area contributed by atoms with Crippen molar-refractivity contribution in [3.05, 3.63) is 52.9 Å². The molecule has 3 nitrogen and oxygen atoms in total. The second kappa shape index (κ2) is 3.10. The Morgan fingerprint density at radius 2 is 1.69 bits per heavy atom. The maximum absolute atomic E-state index is 11.7. The highest BCUT2D eigenvalue weighted by Crippen LogP contribution is 2.27. The summed E-state index contributed by atoms with van der Waals surface area (Å²) in [6.45, 7) is 0. The molecule has 1 aromatic heterocycles. The van der Waals surface area contributed by atoms with Crippen LogP contribution in [0.15, 0.2) is 51.7 Å². The second-order valence-corrected chi connectivity index (χ2v) is 3.59. The van der Waals surface area contributed by atoms with Gasteiger partial charge in [-0.15, -0.1) is 0 Å². The SMILES string of the molecule is O=c1oc2ccccc2c2cccc(O)c12. The zero-order valence-electron chi connectivity index (χ0n) is 8.31. The van der Waals surface area contributed by atoms with Crippen LogP contribution in [0.5, 0.6) is 5.75 Å². The van der Waals surface area contributed by atoms with Gasteiger partial charge in [-0.05, 0) is 12.1 Å². The van der Waals surface area contributed by atoms with Crippen molar-refractivity contribution >= 4 is 21.7 Å². The maximum atomic E-state index is 11.7. The van der Waals surface area contributed by atoms with Crippen LogP contribution >= 0.6 is 0 Å². The molecule has 3 aromatic rings. The van der Waals surface area contributed by atoms with Crippen LogP contribution in [0.2, 0.25) is 0 Å². The molecular weight excluding hydrogens is 204 g/mol. The molecule has 0 spiro atoms. The number of phenolic OH excluding ortho intramolecular Hbond substituents is 1. The van der Waals surface area contributed by atoms with Gasteiger partial charge < -0.3 is 9.52 Å². The first-order valence-corrected chi connectivity index (χ1v) is 4.91. The minimum atomic E-state index is -0.508. The lowest BCUT2D eigenvalue weighted by molar-refractivity contribution is 0.477. The standard InChI is InChI=1S/C13H8O3/c14-10-6-3-5-9-8-4-1-2-7-11(8)16-13(15)12(9)10/h1-7,14H. The molecule has 1 heterocycles. The molecule has 0 unspecified atom stereocenters. The van der Waals surface area contributed by atoms with Crippen LogP contribution in [0.3, 0.4) is 0 Å². The second-order valence-electron chi connectivity index (χ2n) is 3.59. The van der Waals surface area contributed by atoms with Crippen LogP contribution in [-0.4, -0.2) is 5.11 Å². The predicted octanol–water partition coefficient (Wildman–Crippen LogP) is 2.65. The summed E-state index contributed by atoms with van der Waals surface area (Å²) in [5.74, 6) is -0.0444. The topological polar surface area (TPSA) is 50.4 Å². The van der Waals surface area contributed by atoms with Crippen LogP contribution in [0, 0.1) is 0 Å². The lowest BCUT2D eigenvalue weighted by Gasteiger charge is -2.02. The normalized spacial score (nSPS) is 11.0. The molecule has 0 bridgehead atoms. The third-order valence-corrected chi connectivity index (χ3v) is 2.63. The van der Waals surface area contributed by atoms with Crippen molar-refractivity contribution in [2.75, 3.05) is 0 Å². The van der Waals surface area contributed by atoms with Gasteiger partial charge in [0.15, 0.2) is 0 Å². The summed E-state index contributed by atoms with van der Waals surface area (Å²) < 4.78 is 5.14. The molecule has 3 heteroatoms. The van der Waals surface area contributed by atoms with Crippen molar-refractivity contribution < 1.29 is 9.52 Å². The van der Waals surface area contributed by atoms with E-state index in [9.17, 15) is 9.90 Å². The van der Waals surface area contributed by atoms with E-state index in [0.29, 0.717) is 11.0 Å². The molecule has 0 saturated heterocycles. The Morgan fingerprint density at radius 1 is 0.938 bits per heavy atom. The van der Waals surface area contributed by atoms with Crippen LogP contribution < -0.4 is 5.63 Å². The molecular formula is C13H8O3. The average molecular weight is 212 g/mol. The fourth-order valence-electron chi connectivity index (χ4n) is 1.91. The molecule has 0 aliphatic rings. The Balaban J connectivity index is 2.71. The molecule has 16 heavy (non-hydrogen) atoms. The van der Waals surface area contributed by atoms with Crippen LogP contribution in [0.25, 0.3) is 21.7 Å². The smallest absolute Gasteiger partial charge is 0.347 e. The number of para-hydroxylation sites is 1. The van der Waals surface area contributed by atoms with Crippen molar-refractivity contribution in [2.24, 2.45) is 0 Å². The first-order chi connectivity index (χ1) is 7.77. The summed E-state index contributed by atoms with van der Waals surface area (Å²) in [4.78, 5) is 11.7. The predicted molar refractivity (Wildman–Crippen MR) is 61.7 cm³/mol. The number of fused-ring (bicyclic) bond motifs is 3. The van der Waals surface area contributed by atoms with Crippen molar-refractivity contribution in [1.82, 2.24) is 0 Å². The number of aromatic hydroxyl groups is 1. The van der Waals surface area contributed by atoms with Crippen molar-refractivity contribution in [1.29, 1.82) is 0 Å². The van der Waals surface area contributed by atoms with E-state index in [1.807, 2.05) is 12.1 Å². The largest absolute Gasteiger partial charge is 0.507 e. The van der Waals surface area contributed by atoms with Gasteiger partial charge in [0.25, 0.3) is 0 Å².